The number of nitrogens with zero attached hydrogens (tertiary/aromatic N) is 1. The first kappa shape index (κ1) is 8.27. The Balaban J connectivity index is 2.53. The Bertz CT molecular complexity index is 169. The Morgan fingerprint density at radius 1 is 1.73 bits per heavy atom. The van der Waals surface area contributed by atoms with E-state index in [1.165, 1.54) is 6.08 Å². The summed E-state index contributed by atoms with van der Waals surface area (Å²) in [6.45, 7) is 6.92. The van der Waals surface area contributed by atoms with Crippen molar-refractivity contribution < 1.29 is 4.79 Å². The van der Waals surface area contributed by atoms with E-state index >= 15 is 0 Å². The molecule has 1 saturated heterocycles. The zero-order valence-electron chi connectivity index (χ0n) is 6.79. The van der Waals surface area contributed by atoms with Crippen LogP contribution in [0.1, 0.15) is 6.92 Å². The Morgan fingerprint density at radius 2 is 2.36 bits per heavy atom. The van der Waals surface area contributed by atoms with Crippen LogP contribution in [-0.2, 0) is 4.79 Å². The molecule has 1 aliphatic rings. The number of carbonyl (C=O) groups excluding carboxylic acids is 1. The fourth-order valence-corrected chi connectivity index (χ4v) is 1.30. The molecule has 2 atom stereocenters. The van der Waals surface area contributed by atoms with Gasteiger partial charge in [0.1, 0.15) is 0 Å². The van der Waals surface area contributed by atoms with Crippen LogP contribution in [0.25, 0.3) is 0 Å². The maximum absolute atomic E-state index is 11.1. The highest BCUT2D eigenvalue weighted by atomic mass is 16.2. The van der Waals surface area contributed by atoms with Gasteiger partial charge < -0.3 is 10.6 Å². The lowest BCUT2D eigenvalue weighted by Gasteiger charge is -2.11. The molecule has 1 aliphatic heterocycles. The quantitative estimate of drug-likeness (QED) is 0.539. The van der Waals surface area contributed by atoms with Gasteiger partial charge in [0, 0.05) is 19.1 Å². The molecule has 0 aromatic heterocycles. The summed E-state index contributed by atoms with van der Waals surface area (Å²) in [7, 11) is 0. The monoisotopic (exact) mass is 154 g/mol. The van der Waals surface area contributed by atoms with E-state index < -0.39 is 0 Å². The largest absolute Gasteiger partial charge is 0.337 e. The summed E-state index contributed by atoms with van der Waals surface area (Å²) >= 11 is 0. The van der Waals surface area contributed by atoms with Gasteiger partial charge >= 0.3 is 0 Å². The summed E-state index contributed by atoms with van der Waals surface area (Å²) in [4.78, 5) is 12.8. The predicted octanol–water partition coefficient (Wildman–Crippen LogP) is -0.0220. The standard InChI is InChI=1S/C8H14N2O/c1-3-8(11)10-4-6(2)7(9)5-10/h3,6-7H,1,4-5,9H2,2H3/t6-,7+/m1/s1. The van der Waals surface area contributed by atoms with E-state index in [9.17, 15) is 4.79 Å². The molecular weight excluding hydrogens is 140 g/mol. The summed E-state index contributed by atoms with van der Waals surface area (Å²) in [5.41, 5.74) is 5.73. The van der Waals surface area contributed by atoms with Crippen molar-refractivity contribution in [2.45, 2.75) is 13.0 Å². The Morgan fingerprint density at radius 3 is 2.73 bits per heavy atom. The van der Waals surface area contributed by atoms with E-state index in [0.717, 1.165) is 6.54 Å². The molecule has 0 spiro atoms. The van der Waals surface area contributed by atoms with Crippen LogP contribution in [-0.4, -0.2) is 29.9 Å². The molecule has 3 heteroatoms. The molecule has 1 amide bonds. The van der Waals surface area contributed by atoms with E-state index in [2.05, 4.69) is 13.5 Å². The zero-order chi connectivity index (χ0) is 8.43. The maximum atomic E-state index is 11.1. The molecule has 0 radical (unpaired) electrons. The summed E-state index contributed by atoms with van der Waals surface area (Å²) in [5.74, 6) is 0.406. The highest BCUT2D eigenvalue weighted by molar-refractivity contribution is 5.87. The molecule has 3 nitrogen and oxygen atoms in total. The molecular formula is C8H14N2O. The Labute approximate surface area is 66.9 Å². The van der Waals surface area contributed by atoms with Gasteiger partial charge in [0.15, 0.2) is 0 Å². The molecule has 62 valence electrons. The van der Waals surface area contributed by atoms with E-state index in [0.29, 0.717) is 12.5 Å². The molecule has 0 bridgehead atoms. The summed E-state index contributed by atoms with van der Waals surface area (Å²) in [6, 6.07) is 0.138. The molecule has 0 saturated carbocycles. The fraction of sp³-hybridized carbons (Fsp3) is 0.625. The number of hydrogen-bond donors (Lipinski definition) is 1. The van der Waals surface area contributed by atoms with Crippen molar-refractivity contribution in [1.82, 2.24) is 4.90 Å². The van der Waals surface area contributed by atoms with Gasteiger partial charge in [-0.25, -0.2) is 0 Å². The molecule has 1 fully saturated rings. The van der Waals surface area contributed by atoms with Gasteiger partial charge in [-0.3, -0.25) is 4.79 Å². The van der Waals surface area contributed by atoms with Gasteiger partial charge in [0.05, 0.1) is 0 Å². The second-order valence-electron chi connectivity index (χ2n) is 3.09. The molecule has 0 aromatic carbocycles. The second-order valence-corrected chi connectivity index (χ2v) is 3.09. The zero-order valence-corrected chi connectivity index (χ0v) is 6.79. The summed E-state index contributed by atoms with van der Waals surface area (Å²) in [5, 5.41) is 0. The first-order valence-corrected chi connectivity index (χ1v) is 3.82. The molecule has 1 rings (SSSR count). The topological polar surface area (TPSA) is 46.3 Å². The lowest BCUT2D eigenvalue weighted by atomic mass is 10.1. The molecule has 0 aromatic rings. The van der Waals surface area contributed by atoms with Crippen molar-refractivity contribution in [2.24, 2.45) is 11.7 Å². The average molecular weight is 154 g/mol. The predicted molar refractivity (Wildman–Crippen MR) is 43.9 cm³/mol. The Kier molecular flexibility index (Phi) is 2.29. The highest BCUT2D eigenvalue weighted by Crippen LogP contribution is 2.14. The fourth-order valence-electron chi connectivity index (χ4n) is 1.30. The van der Waals surface area contributed by atoms with Gasteiger partial charge in [-0.05, 0) is 12.0 Å². The molecule has 2 N–H and O–H groups in total. The van der Waals surface area contributed by atoms with Crippen molar-refractivity contribution >= 4 is 5.91 Å². The smallest absolute Gasteiger partial charge is 0.246 e. The first-order valence-electron chi connectivity index (χ1n) is 3.82. The lowest BCUT2D eigenvalue weighted by molar-refractivity contribution is -0.125. The van der Waals surface area contributed by atoms with Gasteiger partial charge in [-0.15, -0.1) is 0 Å². The summed E-state index contributed by atoms with van der Waals surface area (Å²) < 4.78 is 0. The van der Waals surface area contributed by atoms with Crippen LogP contribution in [0.5, 0.6) is 0 Å². The van der Waals surface area contributed by atoms with Crippen LogP contribution >= 0.6 is 0 Å². The normalized spacial score (nSPS) is 30.5. The molecule has 0 unspecified atom stereocenters. The maximum Gasteiger partial charge on any atom is 0.246 e. The molecule has 0 aliphatic carbocycles. The minimum Gasteiger partial charge on any atom is -0.337 e. The average Bonchev–Trinajstić information content (AvgIpc) is 2.31. The van der Waals surface area contributed by atoms with Crippen LogP contribution < -0.4 is 5.73 Å². The lowest BCUT2D eigenvalue weighted by Crippen LogP contribution is -2.30. The van der Waals surface area contributed by atoms with E-state index in [4.69, 9.17) is 5.73 Å². The molecule has 1 heterocycles. The van der Waals surface area contributed by atoms with Crippen molar-refractivity contribution in [3.63, 3.8) is 0 Å². The van der Waals surface area contributed by atoms with E-state index in [-0.39, 0.29) is 11.9 Å². The van der Waals surface area contributed by atoms with Crippen LogP contribution in [0.3, 0.4) is 0 Å². The van der Waals surface area contributed by atoms with Crippen molar-refractivity contribution in [1.29, 1.82) is 0 Å². The minimum absolute atomic E-state index is 0.00944. The van der Waals surface area contributed by atoms with Crippen LogP contribution in [0.4, 0.5) is 0 Å². The van der Waals surface area contributed by atoms with Gasteiger partial charge in [-0.1, -0.05) is 13.5 Å². The number of rotatable bonds is 1. The number of hydrogen-bond acceptors (Lipinski definition) is 2. The number of amides is 1. The third-order valence-corrected chi connectivity index (χ3v) is 2.16. The van der Waals surface area contributed by atoms with E-state index in [1.807, 2.05) is 0 Å². The number of nitrogens with two attached hydrogens (primary N) is 1. The van der Waals surface area contributed by atoms with Gasteiger partial charge in [0.2, 0.25) is 5.91 Å². The van der Waals surface area contributed by atoms with Gasteiger partial charge in [-0.2, -0.15) is 0 Å². The van der Waals surface area contributed by atoms with E-state index in [1.54, 1.807) is 4.90 Å². The van der Waals surface area contributed by atoms with Crippen LogP contribution in [0, 0.1) is 5.92 Å². The van der Waals surface area contributed by atoms with Crippen molar-refractivity contribution in [2.75, 3.05) is 13.1 Å². The first-order chi connectivity index (χ1) is 5.15. The second kappa shape index (κ2) is 3.05. The summed E-state index contributed by atoms with van der Waals surface area (Å²) in [6.07, 6.45) is 1.34. The minimum atomic E-state index is -0.00944. The highest BCUT2D eigenvalue weighted by Gasteiger charge is 2.28. The Hall–Kier alpha value is -0.830. The third-order valence-electron chi connectivity index (χ3n) is 2.16. The van der Waals surface area contributed by atoms with Gasteiger partial charge in [0.25, 0.3) is 0 Å². The van der Waals surface area contributed by atoms with Crippen molar-refractivity contribution in [3.05, 3.63) is 12.7 Å². The SMILES string of the molecule is C=CC(=O)N1C[C@@H](C)[C@@H](N)C1. The van der Waals surface area contributed by atoms with Crippen LogP contribution in [0.2, 0.25) is 0 Å². The molecule has 11 heavy (non-hydrogen) atoms. The number of carbonyl (C=O) groups is 1. The van der Waals surface area contributed by atoms with Crippen LogP contribution in [0.15, 0.2) is 12.7 Å². The number of likely N-dealkylation sites (tertiary alicyclic amines) is 1. The third kappa shape index (κ3) is 1.60. The van der Waals surface area contributed by atoms with Crippen molar-refractivity contribution in [3.8, 4) is 0 Å².